The second kappa shape index (κ2) is 7.25. The van der Waals surface area contributed by atoms with E-state index in [1.165, 1.54) is 5.39 Å². The van der Waals surface area contributed by atoms with Gasteiger partial charge in [0.25, 0.3) is 0 Å². The number of aryl methyl sites for hydroxylation is 1. The highest BCUT2D eigenvalue weighted by Gasteiger charge is 2.24. The molecular formula is C15H22Cl2N4. The summed E-state index contributed by atoms with van der Waals surface area (Å²) in [5, 5.41) is 1.18. The quantitative estimate of drug-likeness (QED) is 0.874. The monoisotopic (exact) mass is 328 g/mol. The van der Waals surface area contributed by atoms with E-state index >= 15 is 0 Å². The number of hydrogen-bond donors (Lipinski definition) is 1. The fourth-order valence-electron chi connectivity index (χ4n) is 3.04. The predicted molar refractivity (Wildman–Crippen MR) is 92.7 cm³/mol. The number of halogens is 2. The van der Waals surface area contributed by atoms with Crippen molar-refractivity contribution in [2.24, 2.45) is 11.7 Å². The van der Waals surface area contributed by atoms with Crippen molar-refractivity contribution in [3.63, 3.8) is 0 Å². The van der Waals surface area contributed by atoms with Crippen molar-refractivity contribution in [1.29, 1.82) is 0 Å². The first kappa shape index (κ1) is 18.0. The normalized spacial score (nSPS) is 21.6. The lowest BCUT2D eigenvalue weighted by atomic mass is 9.96. The van der Waals surface area contributed by atoms with E-state index in [1.807, 2.05) is 25.4 Å². The third-order valence-corrected chi connectivity index (χ3v) is 3.84. The van der Waals surface area contributed by atoms with E-state index in [1.54, 1.807) is 0 Å². The summed E-state index contributed by atoms with van der Waals surface area (Å²) in [6.07, 6.45) is 4.89. The summed E-state index contributed by atoms with van der Waals surface area (Å²) in [5.74, 6) is 0.622. The van der Waals surface area contributed by atoms with Crippen LogP contribution in [0.1, 0.15) is 19.0 Å². The van der Waals surface area contributed by atoms with Gasteiger partial charge >= 0.3 is 0 Å². The van der Waals surface area contributed by atoms with Gasteiger partial charge in [0.2, 0.25) is 0 Å². The maximum Gasteiger partial charge on any atom is 0.0935 e. The Kier molecular flexibility index (Phi) is 6.20. The highest BCUT2D eigenvalue weighted by Crippen LogP contribution is 2.29. The van der Waals surface area contributed by atoms with Gasteiger partial charge in [0.15, 0.2) is 0 Å². The van der Waals surface area contributed by atoms with Crippen LogP contribution in [0, 0.1) is 12.8 Å². The molecule has 0 saturated carbocycles. The molecule has 0 spiro atoms. The molecule has 6 heteroatoms. The molecule has 1 aliphatic heterocycles. The molecule has 3 heterocycles. The van der Waals surface area contributed by atoms with Crippen molar-refractivity contribution < 1.29 is 0 Å². The van der Waals surface area contributed by atoms with E-state index in [0.29, 0.717) is 5.92 Å². The van der Waals surface area contributed by atoms with E-state index in [-0.39, 0.29) is 30.9 Å². The van der Waals surface area contributed by atoms with E-state index in [2.05, 4.69) is 27.9 Å². The Morgan fingerprint density at radius 2 is 2.00 bits per heavy atom. The van der Waals surface area contributed by atoms with Crippen LogP contribution in [-0.2, 0) is 0 Å². The van der Waals surface area contributed by atoms with Crippen molar-refractivity contribution >= 4 is 41.4 Å². The lowest BCUT2D eigenvalue weighted by molar-refractivity contribution is 0.402. The highest BCUT2D eigenvalue weighted by atomic mass is 35.5. The summed E-state index contributed by atoms with van der Waals surface area (Å²) in [7, 11) is 0. The highest BCUT2D eigenvalue weighted by molar-refractivity contribution is 5.92. The minimum absolute atomic E-state index is 0. The first-order chi connectivity index (χ1) is 9.15. The zero-order valence-corrected chi connectivity index (χ0v) is 14.0. The number of aromatic nitrogens is 2. The maximum absolute atomic E-state index is 6.15. The first-order valence-corrected chi connectivity index (χ1v) is 6.86. The van der Waals surface area contributed by atoms with Gasteiger partial charge in [-0.05, 0) is 31.4 Å². The van der Waals surface area contributed by atoms with Gasteiger partial charge in [0.05, 0.1) is 23.1 Å². The molecule has 21 heavy (non-hydrogen) atoms. The van der Waals surface area contributed by atoms with Gasteiger partial charge in [-0.3, -0.25) is 9.97 Å². The molecule has 1 saturated heterocycles. The lowest BCUT2D eigenvalue weighted by Crippen LogP contribution is -2.46. The summed E-state index contributed by atoms with van der Waals surface area (Å²) in [6, 6.07) is 4.35. The average molecular weight is 329 g/mol. The Balaban J connectivity index is 0.00000110. The minimum Gasteiger partial charge on any atom is -0.368 e. The zero-order chi connectivity index (χ0) is 13.4. The van der Waals surface area contributed by atoms with Gasteiger partial charge in [-0.1, -0.05) is 6.92 Å². The fraction of sp³-hybridized carbons (Fsp3) is 0.467. The van der Waals surface area contributed by atoms with Crippen LogP contribution in [0.3, 0.4) is 0 Å². The van der Waals surface area contributed by atoms with Crippen molar-refractivity contribution in [3.8, 4) is 0 Å². The third-order valence-electron chi connectivity index (χ3n) is 3.84. The van der Waals surface area contributed by atoms with Crippen LogP contribution in [0.15, 0.2) is 24.5 Å². The van der Waals surface area contributed by atoms with E-state index in [0.717, 1.165) is 36.4 Å². The van der Waals surface area contributed by atoms with E-state index in [9.17, 15) is 0 Å². The molecule has 2 atom stereocenters. The van der Waals surface area contributed by atoms with Gasteiger partial charge in [-0.2, -0.15) is 0 Å². The Labute approximate surface area is 138 Å². The van der Waals surface area contributed by atoms with Crippen LogP contribution < -0.4 is 10.6 Å². The molecule has 4 nitrogen and oxygen atoms in total. The number of hydrogen-bond acceptors (Lipinski definition) is 4. The van der Waals surface area contributed by atoms with Gasteiger partial charge < -0.3 is 10.6 Å². The minimum atomic E-state index is 0. The van der Waals surface area contributed by atoms with E-state index in [4.69, 9.17) is 5.73 Å². The van der Waals surface area contributed by atoms with Crippen LogP contribution >= 0.6 is 24.8 Å². The standard InChI is InChI=1S/C15H20N4.2ClH/c1-10-6-12(16)9-19(8-10)14-7-18-11(2)15-13(14)4-3-5-17-15;;/h3-5,7,10,12H,6,8-9,16H2,1-2H3;2*1H. The molecule has 2 unspecified atom stereocenters. The van der Waals surface area contributed by atoms with Gasteiger partial charge in [-0.15, -0.1) is 24.8 Å². The van der Waals surface area contributed by atoms with Gasteiger partial charge in [0.1, 0.15) is 0 Å². The molecule has 116 valence electrons. The second-order valence-electron chi connectivity index (χ2n) is 5.63. The Morgan fingerprint density at radius 3 is 2.71 bits per heavy atom. The molecule has 3 rings (SSSR count). The van der Waals surface area contributed by atoms with Crippen LogP contribution in [0.2, 0.25) is 0 Å². The van der Waals surface area contributed by atoms with Crippen molar-refractivity contribution in [3.05, 3.63) is 30.2 Å². The number of fused-ring (bicyclic) bond motifs is 1. The van der Waals surface area contributed by atoms with Crippen LogP contribution in [-0.4, -0.2) is 29.1 Å². The van der Waals surface area contributed by atoms with Crippen molar-refractivity contribution in [2.45, 2.75) is 26.3 Å². The molecule has 0 aliphatic carbocycles. The molecule has 0 aromatic carbocycles. The number of anilines is 1. The summed E-state index contributed by atoms with van der Waals surface area (Å²) < 4.78 is 0. The number of pyridine rings is 2. The van der Waals surface area contributed by atoms with Crippen LogP contribution in [0.25, 0.3) is 10.9 Å². The summed E-state index contributed by atoms with van der Waals surface area (Å²) in [5.41, 5.74) is 9.28. The van der Waals surface area contributed by atoms with Crippen molar-refractivity contribution in [1.82, 2.24) is 9.97 Å². The third kappa shape index (κ3) is 3.57. The molecule has 2 N–H and O–H groups in total. The van der Waals surface area contributed by atoms with Crippen molar-refractivity contribution in [2.75, 3.05) is 18.0 Å². The topological polar surface area (TPSA) is 55.0 Å². The Hall–Kier alpha value is -1.10. The van der Waals surface area contributed by atoms with E-state index < -0.39 is 0 Å². The largest absolute Gasteiger partial charge is 0.368 e. The summed E-state index contributed by atoms with van der Waals surface area (Å²) in [6.45, 7) is 6.21. The number of nitrogens with two attached hydrogens (primary N) is 1. The molecular weight excluding hydrogens is 307 g/mol. The smallest absolute Gasteiger partial charge is 0.0935 e. The summed E-state index contributed by atoms with van der Waals surface area (Å²) in [4.78, 5) is 11.3. The molecule has 1 aliphatic rings. The van der Waals surface area contributed by atoms with Gasteiger partial charge in [0, 0.05) is 30.7 Å². The first-order valence-electron chi connectivity index (χ1n) is 6.86. The average Bonchev–Trinajstić information content (AvgIpc) is 2.38. The predicted octanol–water partition coefficient (Wildman–Crippen LogP) is 2.96. The Bertz CT molecular complexity index is 595. The molecule has 2 aromatic heterocycles. The summed E-state index contributed by atoms with van der Waals surface area (Å²) >= 11 is 0. The zero-order valence-electron chi connectivity index (χ0n) is 12.3. The SMILES string of the molecule is Cc1ncc(N2CC(C)CC(N)C2)c2cccnc12.Cl.Cl. The maximum atomic E-state index is 6.15. The lowest BCUT2D eigenvalue weighted by Gasteiger charge is -2.36. The number of nitrogens with zero attached hydrogens (tertiary/aromatic N) is 3. The second-order valence-corrected chi connectivity index (χ2v) is 5.63. The fourth-order valence-corrected chi connectivity index (χ4v) is 3.04. The molecule has 2 aromatic rings. The molecule has 0 bridgehead atoms. The Morgan fingerprint density at radius 1 is 1.24 bits per heavy atom. The molecule has 0 radical (unpaired) electrons. The number of piperidine rings is 1. The number of rotatable bonds is 1. The molecule has 1 fully saturated rings. The van der Waals surface area contributed by atoms with Crippen LogP contribution in [0.5, 0.6) is 0 Å². The molecule has 0 amide bonds. The van der Waals surface area contributed by atoms with Gasteiger partial charge in [-0.25, -0.2) is 0 Å². The van der Waals surface area contributed by atoms with Crippen LogP contribution in [0.4, 0.5) is 5.69 Å².